The van der Waals surface area contributed by atoms with Crippen LogP contribution in [0, 0.1) is 5.92 Å². The van der Waals surface area contributed by atoms with Gasteiger partial charge in [0.1, 0.15) is 0 Å². The van der Waals surface area contributed by atoms with E-state index in [0.717, 1.165) is 25.2 Å². The van der Waals surface area contributed by atoms with Gasteiger partial charge in [-0.15, -0.1) is 0 Å². The molecule has 1 amide bonds. The van der Waals surface area contributed by atoms with Crippen molar-refractivity contribution in [2.24, 2.45) is 5.92 Å². The first-order chi connectivity index (χ1) is 11.8. The van der Waals surface area contributed by atoms with Gasteiger partial charge in [-0.25, -0.2) is 0 Å². The quantitative estimate of drug-likeness (QED) is 0.912. The van der Waals surface area contributed by atoms with Crippen molar-refractivity contribution in [1.82, 2.24) is 20.2 Å². The highest BCUT2D eigenvalue weighted by atomic mass is 16.1. The van der Waals surface area contributed by atoms with Crippen LogP contribution in [0.3, 0.4) is 0 Å². The molecule has 0 spiro atoms. The zero-order valence-corrected chi connectivity index (χ0v) is 13.6. The van der Waals surface area contributed by atoms with Crippen LogP contribution in [0.25, 0.3) is 0 Å². The van der Waals surface area contributed by atoms with E-state index in [0.29, 0.717) is 24.4 Å². The van der Waals surface area contributed by atoms with Gasteiger partial charge in [-0.05, 0) is 48.6 Å². The van der Waals surface area contributed by atoms with Gasteiger partial charge in [-0.3, -0.25) is 19.7 Å². The monoisotopic (exact) mass is 322 g/mol. The molecule has 2 aromatic rings. The van der Waals surface area contributed by atoms with Crippen molar-refractivity contribution in [3.05, 3.63) is 60.2 Å². The smallest absolute Gasteiger partial charge is 0.226 e. The molecule has 1 aliphatic carbocycles. The summed E-state index contributed by atoms with van der Waals surface area (Å²) in [5.41, 5.74) is 2.14. The molecular weight excluding hydrogens is 300 g/mol. The van der Waals surface area contributed by atoms with Crippen LogP contribution < -0.4 is 5.32 Å². The lowest BCUT2D eigenvalue weighted by atomic mass is 10.0. The normalized spacial score (nSPS) is 25.8. The van der Waals surface area contributed by atoms with Gasteiger partial charge >= 0.3 is 0 Å². The number of carbonyl (C=O) groups is 1. The summed E-state index contributed by atoms with van der Waals surface area (Å²) in [4.78, 5) is 23.1. The molecule has 1 aliphatic heterocycles. The predicted molar refractivity (Wildman–Crippen MR) is 91.0 cm³/mol. The first kappa shape index (κ1) is 15.3. The van der Waals surface area contributed by atoms with Crippen LogP contribution in [0.1, 0.15) is 24.1 Å². The molecular formula is C19H22N4O. The zero-order chi connectivity index (χ0) is 16.4. The second-order valence-corrected chi connectivity index (χ2v) is 6.84. The average molecular weight is 322 g/mol. The fourth-order valence-corrected chi connectivity index (χ4v) is 4.06. The lowest BCUT2D eigenvalue weighted by Gasteiger charge is -2.32. The van der Waals surface area contributed by atoms with E-state index in [9.17, 15) is 4.79 Å². The van der Waals surface area contributed by atoms with Crippen molar-refractivity contribution in [2.75, 3.05) is 6.54 Å². The number of nitrogens with zero attached hydrogens (tertiary/aromatic N) is 3. The Morgan fingerprint density at radius 2 is 2.04 bits per heavy atom. The summed E-state index contributed by atoms with van der Waals surface area (Å²) in [5.74, 6) is 0.663. The molecule has 0 aromatic carbocycles. The Morgan fingerprint density at radius 3 is 2.75 bits per heavy atom. The highest BCUT2D eigenvalue weighted by molar-refractivity contribution is 5.78. The Kier molecular flexibility index (Phi) is 4.26. The molecule has 1 N–H and O–H groups in total. The fraction of sp³-hybridized carbons (Fsp3) is 0.421. The minimum absolute atomic E-state index is 0.0898. The number of carbonyl (C=O) groups excluding carboxylic acids is 1. The van der Waals surface area contributed by atoms with E-state index in [-0.39, 0.29) is 5.91 Å². The van der Waals surface area contributed by atoms with Crippen LogP contribution in [-0.2, 0) is 17.8 Å². The van der Waals surface area contributed by atoms with Gasteiger partial charge in [0.2, 0.25) is 5.91 Å². The SMILES string of the molecule is O=C(Cc1ccccn1)N[C@H]1C[C@H]2C[C@H]1CN2Cc1ccncc1. The van der Waals surface area contributed by atoms with Crippen LogP contribution in [-0.4, -0.2) is 39.4 Å². The fourth-order valence-electron chi connectivity index (χ4n) is 4.06. The molecule has 5 heteroatoms. The third-order valence-electron chi connectivity index (χ3n) is 5.20. The van der Waals surface area contributed by atoms with Gasteiger partial charge in [-0.2, -0.15) is 0 Å². The Hall–Kier alpha value is -2.27. The maximum atomic E-state index is 12.2. The molecule has 2 aliphatic rings. The Bertz CT molecular complexity index is 691. The molecule has 5 nitrogen and oxygen atoms in total. The van der Waals surface area contributed by atoms with E-state index >= 15 is 0 Å². The molecule has 2 aromatic heterocycles. The number of piperidine rings is 1. The topological polar surface area (TPSA) is 58.1 Å². The van der Waals surface area contributed by atoms with Gasteiger partial charge in [0, 0.05) is 49.5 Å². The van der Waals surface area contributed by atoms with Gasteiger partial charge in [-0.1, -0.05) is 6.07 Å². The van der Waals surface area contributed by atoms with E-state index in [4.69, 9.17) is 0 Å². The van der Waals surface area contributed by atoms with Crippen molar-refractivity contribution >= 4 is 5.91 Å². The van der Waals surface area contributed by atoms with Gasteiger partial charge in [0.25, 0.3) is 0 Å². The number of aromatic nitrogens is 2. The summed E-state index contributed by atoms with van der Waals surface area (Å²) in [5, 5.41) is 3.23. The van der Waals surface area contributed by atoms with Crippen molar-refractivity contribution < 1.29 is 4.79 Å². The van der Waals surface area contributed by atoms with E-state index in [1.54, 1.807) is 6.20 Å². The lowest BCUT2D eigenvalue weighted by Crippen LogP contribution is -2.46. The number of rotatable bonds is 5. The maximum absolute atomic E-state index is 12.2. The number of fused-ring (bicyclic) bond motifs is 2. The second-order valence-electron chi connectivity index (χ2n) is 6.84. The van der Waals surface area contributed by atoms with Crippen molar-refractivity contribution in [1.29, 1.82) is 0 Å². The van der Waals surface area contributed by atoms with E-state index in [1.165, 1.54) is 12.0 Å². The summed E-state index contributed by atoms with van der Waals surface area (Å²) in [6, 6.07) is 10.8. The molecule has 0 unspecified atom stereocenters. The molecule has 2 bridgehead atoms. The number of amides is 1. The second kappa shape index (κ2) is 6.69. The summed E-state index contributed by atoms with van der Waals surface area (Å²) in [7, 11) is 0. The Balaban J connectivity index is 1.29. The van der Waals surface area contributed by atoms with Gasteiger partial charge in [0.15, 0.2) is 0 Å². The molecule has 4 rings (SSSR count). The highest BCUT2D eigenvalue weighted by Crippen LogP contribution is 2.38. The molecule has 24 heavy (non-hydrogen) atoms. The van der Waals surface area contributed by atoms with E-state index < -0.39 is 0 Å². The third kappa shape index (κ3) is 3.31. The number of pyridine rings is 2. The van der Waals surface area contributed by atoms with Gasteiger partial charge in [0.05, 0.1) is 6.42 Å². The molecule has 2 fully saturated rings. The summed E-state index contributed by atoms with van der Waals surface area (Å²) in [6.07, 6.45) is 8.06. The molecule has 124 valence electrons. The Morgan fingerprint density at radius 1 is 1.17 bits per heavy atom. The third-order valence-corrected chi connectivity index (χ3v) is 5.20. The van der Waals surface area contributed by atoms with Crippen molar-refractivity contribution in [3.63, 3.8) is 0 Å². The summed E-state index contributed by atoms with van der Waals surface area (Å²) < 4.78 is 0. The average Bonchev–Trinajstić information content (AvgIpc) is 3.16. The van der Waals surface area contributed by atoms with Crippen molar-refractivity contribution in [2.45, 2.75) is 37.9 Å². The highest BCUT2D eigenvalue weighted by Gasteiger charge is 2.44. The number of likely N-dealkylation sites (tertiary alicyclic amines) is 1. The van der Waals surface area contributed by atoms with Crippen LogP contribution in [0.2, 0.25) is 0 Å². The molecule has 3 heterocycles. The van der Waals surface area contributed by atoms with Crippen LogP contribution in [0.15, 0.2) is 48.9 Å². The van der Waals surface area contributed by atoms with E-state index in [2.05, 4.69) is 32.3 Å². The summed E-state index contributed by atoms with van der Waals surface area (Å²) in [6.45, 7) is 2.06. The van der Waals surface area contributed by atoms with Crippen LogP contribution in [0.5, 0.6) is 0 Å². The minimum Gasteiger partial charge on any atom is -0.353 e. The molecule has 3 atom stereocenters. The summed E-state index contributed by atoms with van der Waals surface area (Å²) >= 11 is 0. The molecule has 1 saturated carbocycles. The number of nitrogens with one attached hydrogen (secondary N) is 1. The first-order valence-corrected chi connectivity index (χ1v) is 8.60. The maximum Gasteiger partial charge on any atom is 0.226 e. The number of hydrogen-bond acceptors (Lipinski definition) is 4. The lowest BCUT2D eigenvalue weighted by molar-refractivity contribution is -0.121. The van der Waals surface area contributed by atoms with E-state index in [1.807, 2.05) is 30.6 Å². The number of hydrogen-bond donors (Lipinski definition) is 1. The largest absolute Gasteiger partial charge is 0.353 e. The molecule has 1 saturated heterocycles. The van der Waals surface area contributed by atoms with Crippen molar-refractivity contribution in [3.8, 4) is 0 Å². The van der Waals surface area contributed by atoms with Gasteiger partial charge < -0.3 is 5.32 Å². The minimum atomic E-state index is 0.0898. The molecule has 0 radical (unpaired) electrons. The Labute approximate surface area is 142 Å². The predicted octanol–water partition coefficient (Wildman–Crippen LogP) is 1.80. The standard InChI is InChI=1S/C19H22N4O/c24-19(10-16-3-1-2-6-21-16)22-18-11-17-9-15(18)13-23(17)12-14-4-7-20-8-5-14/h1-8,15,17-18H,9-13H2,(H,22,24)/t15-,17+,18-/m0/s1. The van der Waals surface area contributed by atoms with Crippen LogP contribution in [0.4, 0.5) is 0 Å². The van der Waals surface area contributed by atoms with Crippen LogP contribution >= 0.6 is 0 Å². The first-order valence-electron chi connectivity index (χ1n) is 8.60. The zero-order valence-electron chi connectivity index (χ0n) is 13.6.